The number of hydrogen-bond acceptors (Lipinski definition) is 17. The van der Waals surface area contributed by atoms with Crippen molar-refractivity contribution < 1.29 is 62.5 Å². The highest BCUT2D eigenvalue weighted by atomic mass is 16.5. The van der Waals surface area contributed by atoms with E-state index in [9.17, 15) is 48.3 Å². The summed E-state index contributed by atoms with van der Waals surface area (Å²) >= 11 is 0. The minimum absolute atomic E-state index is 0.00910. The van der Waals surface area contributed by atoms with Crippen LogP contribution in [-0.4, -0.2) is 247 Å². The van der Waals surface area contributed by atoms with Crippen molar-refractivity contribution in [1.82, 2.24) is 66.7 Å². The van der Waals surface area contributed by atoms with Gasteiger partial charge in [0, 0.05) is 144 Å². The molecule has 0 saturated carbocycles. The molecule has 0 saturated heterocycles. The summed E-state index contributed by atoms with van der Waals surface area (Å²) in [5.41, 5.74) is 0.839. The molecule has 4 aromatic rings. The van der Waals surface area contributed by atoms with Crippen molar-refractivity contribution in [3.63, 3.8) is 0 Å². The fourth-order valence-corrected chi connectivity index (χ4v) is 10.4. The molecule has 5 heterocycles. The van der Waals surface area contributed by atoms with Gasteiger partial charge in [-0.05, 0) is 61.4 Å². The topological polar surface area (TPSA) is 315 Å². The summed E-state index contributed by atoms with van der Waals surface area (Å²) < 4.78 is 17.2. The fraction of sp³-hybridized carbons (Fsp3) is 0.467. The number of aliphatic carboxylic acids is 1. The van der Waals surface area contributed by atoms with Gasteiger partial charge in [-0.15, -0.1) is 0 Å². The zero-order valence-corrected chi connectivity index (χ0v) is 49.1. The quantitative estimate of drug-likeness (QED) is 0.107. The van der Waals surface area contributed by atoms with Gasteiger partial charge in [0.15, 0.2) is 0 Å². The van der Waals surface area contributed by atoms with E-state index in [0.29, 0.717) is 45.4 Å². The molecule has 4 aliphatic heterocycles. The maximum Gasteiger partial charge on any atom is 0.303 e. The summed E-state index contributed by atoms with van der Waals surface area (Å²) in [4.78, 5) is 138. The first kappa shape index (κ1) is 64.8. The van der Waals surface area contributed by atoms with Crippen molar-refractivity contribution in [2.75, 3.05) is 159 Å². The second-order valence-electron chi connectivity index (χ2n) is 20.7. The van der Waals surface area contributed by atoms with E-state index in [2.05, 4.69) is 42.2 Å². The van der Waals surface area contributed by atoms with Gasteiger partial charge < -0.3 is 61.4 Å². The summed E-state index contributed by atoms with van der Waals surface area (Å²) in [5.74, 6) is -4.60. The van der Waals surface area contributed by atoms with E-state index in [4.69, 9.17) is 14.2 Å². The van der Waals surface area contributed by atoms with Crippen LogP contribution in [-0.2, 0) is 4.79 Å². The number of para-hydroxylation sites is 3. The molecule has 8 amide bonds. The number of pyridine rings is 1. The van der Waals surface area contributed by atoms with Gasteiger partial charge in [0.1, 0.15) is 28.6 Å². The highest BCUT2D eigenvalue weighted by Gasteiger charge is 2.27. The summed E-state index contributed by atoms with van der Waals surface area (Å²) in [6.07, 6.45) is 1.36. The minimum atomic E-state index is -0.925. The zero-order valence-electron chi connectivity index (χ0n) is 49.1. The number of aromatic nitrogens is 1. The monoisotopic (exact) mass is 1190 g/mol. The zero-order chi connectivity index (χ0) is 61.4. The molecule has 0 radical (unpaired) electrons. The molecule has 26 nitrogen and oxygen atoms in total. The number of ether oxygens (including phenoxy) is 3. The van der Waals surface area contributed by atoms with E-state index in [0.717, 1.165) is 0 Å². The normalized spacial score (nSPS) is 20.7. The molecule has 2 atom stereocenters. The van der Waals surface area contributed by atoms with E-state index in [1.165, 1.54) is 33.5 Å². The Labute approximate surface area is 500 Å². The van der Waals surface area contributed by atoms with E-state index in [-0.39, 0.29) is 180 Å². The van der Waals surface area contributed by atoms with Crippen LogP contribution in [0, 0.1) is 0 Å². The number of nitrogens with one attached hydrogen (secondary N) is 7. The highest BCUT2D eigenvalue weighted by molar-refractivity contribution is 6.06. The third kappa shape index (κ3) is 18.4. The largest absolute Gasteiger partial charge is 0.495 e. The molecule has 2 unspecified atom stereocenters. The van der Waals surface area contributed by atoms with Gasteiger partial charge in [-0.25, -0.2) is 4.98 Å². The number of carbonyl (C=O) groups excluding carboxylic acids is 8. The predicted octanol–water partition coefficient (Wildman–Crippen LogP) is 0.653. The lowest BCUT2D eigenvalue weighted by atomic mass is 10.1. The summed E-state index contributed by atoms with van der Waals surface area (Å²) in [7, 11) is 4.15. The Balaban J connectivity index is 1.32. The van der Waals surface area contributed by atoms with Gasteiger partial charge in [-0.1, -0.05) is 30.7 Å². The van der Waals surface area contributed by atoms with E-state index < -0.39 is 53.2 Å². The van der Waals surface area contributed by atoms with Crippen LogP contribution in [0.1, 0.15) is 109 Å². The van der Waals surface area contributed by atoms with Crippen molar-refractivity contribution >= 4 is 53.2 Å². The van der Waals surface area contributed by atoms with Crippen LogP contribution >= 0.6 is 0 Å². The molecular formula is C60H79N13O13. The number of methoxy groups -OCH3 is 3. The second kappa shape index (κ2) is 33.1. The van der Waals surface area contributed by atoms with Gasteiger partial charge in [0.05, 0.1) is 54.7 Å². The van der Waals surface area contributed by atoms with Crippen molar-refractivity contribution in [2.24, 2.45) is 0 Å². The molecule has 4 aliphatic rings. The lowest BCUT2D eigenvalue weighted by molar-refractivity contribution is -0.137. The van der Waals surface area contributed by atoms with Crippen LogP contribution in [0.25, 0.3) is 0 Å². The summed E-state index contributed by atoms with van der Waals surface area (Å²) in [6, 6.07) is 18.8. The van der Waals surface area contributed by atoms with Crippen molar-refractivity contribution in [2.45, 2.75) is 25.7 Å². The van der Waals surface area contributed by atoms with Crippen LogP contribution < -0.4 is 51.4 Å². The van der Waals surface area contributed by atoms with Crippen molar-refractivity contribution in [3.05, 3.63) is 118 Å². The molecule has 8 rings (SSSR count). The number of unbranched alkanes of at least 4 members (excludes halogenated alkanes) is 2. The van der Waals surface area contributed by atoms with Gasteiger partial charge in [0.2, 0.25) is 0 Å². The number of fused-ring (bicyclic) bond motifs is 16. The third-order valence-electron chi connectivity index (χ3n) is 15.1. The van der Waals surface area contributed by atoms with E-state index >= 15 is 0 Å². The highest BCUT2D eigenvalue weighted by Crippen LogP contribution is 2.27. The molecule has 8 N–H and O–H groups in total. The molecule has 1 aromatic heterocycles. The van der Waals surface area contributed by atoms with Crippen molar-refractivity contribution in [3.8, 4) is 17.2 Å². The number of benzene rings is 3. The number of carbonyl (C=O) groups is 9. The maximum absolute atomic E-state index is 14.6. The lowest BCUT2D eigenvalue weighted by Crippen LogP contribution is -2.46. The summed E-state index contributed by atoms with van der Waals surface area (Å²) in [6.45, 7) is 4.53. The fourth-order valence-electron chi connectivity index (χ4n) is 10.4. The first-order valence-electron chi connectivity index (χ1n) is 29.1. The first-order chi connectivity index (χ1) is 41.7. The number of carboxylic acid groups (broad SMARTS) is 1. The number of rotatable bonds is 9. The van der Waals surface area contributed by atoms with Gasteiger partial charge >= 0.3 is 5.97 Å². The molecule has 26 heteroatoms. The molecule has 3 aromatic carbocycles. The Morgan fingerprint density at radius 2 is 0.686 bits per heavy atom. The molecule has 86 heavy (non-hydrogen) atoms. The number of amides is 8. The lowest BCUT2D eigenvalue weighted by Gasteiger charge is -2.30. The van der Waals surface area contributed by atoms with Gasteiger partial charge in [0.25, 0.3) is 47.3 Å². The molecule has 462 valence electrons. The smallest absolute Gasteiger partial charge is 0.303 e. The first-order valence-corrected chi connectivity index (χ1v) is 29.1. The number of hydrogen-bond donors (Lipinski definition) is 8. The standard InChI is InChI=1S/C60H79N13O13/c1-84-50-41-11-7-13-43(50)55(78)63-22-30-70-31-23-64-56(79)44-14-8-12-42(51(44)85-2)54(77)62-21-29-69(28-20-61-53(41)76)35-36-71-32-24-65-57(80)45-15-9-16-46(52(45)86-3)58(81)66-25-34-72(38-37-70)39-40-73(27-6-4-5-19-49(74)75)60(83)48-18-10-17-47(68-48)59(82)67-26-33-71/h7-18H,4-6,19-40H2,1-3H3,(H,61,76)(H,62,77)(H,63,78)(H,64,79)(H,65,80)(H,66,81)(H,67,82)(H,74,75). The molecule has 0 spiro atoms. The van der Waals surface area contributed by atoms with Crippen LogP contribution in [0.5, 0.6) is 17.2 Å². The van der Waals surface area contributed by atoms with Crippen LogP contribution in [0.2, 0.25) is 0 Å². The number of carboxylic acids is 1. The molecule has 12 bridgehead atoms. The molecule has 0 fully saturated rings. The average molecular weight is 1190 g/mol. The van der Waals surface area contributed by atoms with Crippen LogP contribution in [0.4, 0.5) is 0 Å². The van der Waals surface area contributed by atoms with Crippen LogP contribution in [0.15, 0.2) is 72.8 Å². The van der Waals surface area contributed by atoms with Crippen molar-refractivity contribution in [1.29, 1.82) is 0 Å². The third-order valence-corrected chi connectivity index (χ3v) is 15.1. The van der Waals surface area contributed by atoms with E-state index in [1.807, 2.05) is 19.6 Å². The maximum atomic E-state index is 14.6. The van der Waals surface area contributed by atoms with E-state index in [1.54, 1.807) is 65.6 Å². The predicted molar refractivity (Wildman–Crippen MR) is 317 cm³/mol. The molecular weight excluding hydrogens is 1110 g/mol. The number of nitrogens with zero attached hydrogens (tertiary/aromatic N) is 6. The Morgan fingerprint density at radius 3 is 1.01 bits per heavy atom. The summed E-state index contributed by atoms with van der Waals surface area (Å²) in [5, 5.41) is 30.1. The van der Waals surface area contributed by atoms with Gasteiger partial charge in [-0.2, -0.15) is 0 Å². The second-order valence-corrected chi connectivity index (χ2v) is 20.7. The Hall–Kier alpha value is -8.72. The van der Waals surface area contributed by atoms with Gasteiger partial charge in [-0.3, -0.25) is 62.8 Å². The van der Waals surface area contributed by atoms with Crippen LogP contribution in [0.3, 0.4) is 0 Å². The SMILES string of the molecule is COc1c2cccc1C(=O)NCCN1CCNC(=O)c3cccc(c3OC)C(=O)NCCN(CCNC2=O)CCN2CCNC(=O)c3cccc(n3)C(=O)N(CCCCCC(=O)O)CCN(CCNC(=O)c3cccc(c3OC)C(=O)NCC2)CC1. The Kier molecular flexibility index (Phi) is 25.0. The average Bonchev–Trinajstić information content (AvgIpc) is 3.21. The minimum Gasteiger partial charge on any atom is -0.495 e. The molecule has 0 aliphatic carbocycles. The Morgan fingerprint density at radius 1 is 0.395 bits per heavy atom. The Bertz CT molecular complexity index is 2960.